The topological polar surface area (TPSA) is 52.1 Å². The number of nitrogens with zero attached hydrogens (tertiary/aromatic N) is 4. The third-order valence-corrected chi connectivity index (χ3v) is 5.02. The minimum absolute atomic E-state index is 0.0410. The van der Waals surface area contributed by atoms with E-state index in [4.69, 9.17) is 6.57 Å². The molecule has 0 saturated carbocycles. The highest BCUT2D eigenvalue weighted by atomic mass is 32.2. The van der Waals surface area contributed by atoms with Crippen LogP contribution in [0, 0.1) is 6.57 Å². The van der Waals surface area contributed by atoms with Crippen LogP contribution in [0.25, 0.3) is 21.9 Å². The monoisotopic (exact) mass is 366 g/mol. The van der Waals surface area contributed by atoms with Crippen LogP contribution < -0.4 is 5.56 Å². The van der Waals surface area contributed by atoms with Crippen molar-refractivity contribution in [3.63, 3.8) is 0 Å². The normalized spacial score (nSPS) is 10.4. The molecule has 1 aromatic carbocycles. The number of hydrogen-bond acceptors (Lipinski definition) is 5. The van der Waals surface area contributed by atoms with Crippen molar-refractivity contribution in [3.05, 3.63) is 70.6 Å². The molecule has 0 amide bonds. The Kier molecular flexibility index (Phi) is 5.22. The van der Waals surface area contributed by atoms with Crippen LogP contribution in [0.3, 0.4) is 0 Å². The molecule has 2 aromatic heterocycles. The van der Waals surface area contributed by atoms with E-state index in [0.29, 0.717) is 16.5 Å². The highest BCUT2D eigenvalue weighted by Gasteiger charge is 2.18. The van der Waals surface area contributed by atoms with Gasteiger partial charge in [-0.15, -0.1) is 23.5 Å². The molecule has 0 spiro atoms. The van der Waals surface area contributed by atoms with Gasteiger partial charge in [0.05, 0.1) is 6.57 Å². The second-order valence-corrected chi connectivity index (χ2v) is 6.65. The number of benzene rings is 1. The van der Waals surface area contributed by atoms with E-state index < -0.39 is 0 Å². The summed E-state index contributed by atoms with van der Waals surface area (Å²) in [5.41, 5.74) is 1.13. The maximum atomic E-state index is 13.0. The molecule has 25 heavy (non-hydrogen) atoms. The molecule has 2 heterocycles. The molecule has 0 atom stereocenters. The summed E-state index contributed by atoms with van der Waals surface area (Å²) in [6.07, 6.45) is 7.12. The molecule has 0 aliphatic carbocycles. The smallest absolute Gasteiger partial charge is 0.282 e. The van der Waals surface area contributed by atoms with Crippen LogP contribution in [0.4, 0.5) is 5.69 Å². The lowest BCUT2D eigenvalue weighted by atomic mass is 10.2. The molecule has 3 aromatic rings. The lowest BCUT2D eigenvalue weighted by Gasteiger charge is -2.15. The highest BCUT2D eigenvalue weighted by Crippen LogP contribution is 2.28. The minimum atomic E-state index is -0.363. The molecule has 5 nitrogen and oxygen atoms in total. The zero-order valence-corrected chi connectivity index (χ0v) is 15.3. The van der Waals surface area contributed by atoms with Crippen LogP contribution in [0.5, 0.6) is 0 Å². The molecule has 3 rings (SSSR count). The first-order chi connectivity index (χ1) is 12.2. The number of thioether (sulfide) groups is 2. The Morgan fingerprint density at radius 1 is 1.04 bits per heavy atom. The maximum Gasteiger partial charge on any atom is 0.282 e. The Morgan fingerprint density at radius 3 is 2.28 bits per heavy atom. The van der Waals surface area contributed by atoms with Crippen LogP contribution in [0.2, 0.25) is 0 Å². The van der Waals surface area contributed by atoms with Crippen molar-refractivity contribution in [2.24, 2.45) is 0 Å². The maximum absolute atomic E-state index is 13.0. The van der Waals surface area contributed by atoms with Crippen molar-refractivity contribution in [3.8, 4) is 17.1 Å². The standard InChI is InChI=1S/C18H14N4OS2/c1-19-15-17(25-3)21-16(12-8-10-20-11-9-12)22(18(15)23)13-4-6-14(24-2)7-5-13/h4-11H,2-3H3. The van der Waals surface area contributed by atoms with E-state index in [9.17, 15) is 4.79 Å². The molecule has 7 heteroatoms. The van der Waals surface area contributed by atoms with E-state index in [-0.39, 0.29) is 11.2 Å². The summed E-state index contributed by atoms with van der Waals surface area (Å²) in [6, 6.07) is 11.2. The molecule has 124 valence electrons. The van der Waals surface area contributed by atoms with Crippen LogP contribution in [0.1, 0.15) is 0 Å². The van der Waals surface area contributed by atoms with Gasteiger partial charge >= 0.3 is 0 Å². The molecule has 0 aliphatic rings. The molecular formula is C18H14N4OS2. The van der Waals surface area contributed by atoms with Crippen molar-refractivity contribution in [1.29, 1.82) is 0 Å². The minimum Gasteiger partial charge on any atom is -0.282 e. The zero-order chi connectivity index (χ0) is 17.8. The Morgan fingerprint density at radius 2 is 1.72 bits per heavy atom. The second kappa shape index (κ2) is 7.55. The van der Waals surface area contributed by atoms with Gasteiger partial charge in [0.15, 0.2) is 0 Å². The fourth-order valence-electron chi connectivity index (χ4n) is 2.40. The molecular weight excluding hydrogens is 352 g/mol. The number of rotatable bonds is 4. The van der Waals surface area contributed by atoms with Gasteiger partial charge in [0.25, 0.3) is 11.2 Å². The summed E-state index contributed by atoms with van der Waals surface area (Å²) < 4.78 is 1.49. The Hall–Kier alpha value is -2.56. The summed E-state index contributed by atoms with van der Waals surface area (Å²) in [5, 5.41) is 0.434. The first-order valence-electron chi connectivity index (χ1n) is 7.33. The molecule has 0 radical (unpaired) electrons. The number of aromatic nitrogens is 3. The van der Waals surface area contributed by atoms with Gasteiger partial charge < -0.3 is 0 Å². The van der Waals surface area contributed by atoms with Crippen molar-refractivity contribution in [2.75, 3.05) is 12.5 Å². The highest BCUT2D eigenvalue weighted by molar-refractivity contribution is 7.98. The van der Waals surface area contributed by atoms with Crippen LogP contribution in [0.15, 0.2) is 63.5 Å². The Labute approximate surface area is 154 Å². The molecule has 0 saturated heterocycles. The summed E-state index contributed by atoms with van der Waals surface area (Å²) in [5.74, 6) is 0.501. The predicted octanol–water partition coefficient (Wildman–Crippen LogP) is 4.29. The third-order valence-electron chi connectivity index (χ3n) is 3.60. The van der Waals surface area contributed by atoms with E-state index in [1.54, 1.807) is 36.3 Å². The predicted molar refractivity (Wildman–Crippen MR) is 103 cm³/mol. The largest absolute Gasteiger partial charge is 0.282 e. The van der Waals surface area contributed by atoms with Gasteiger partial charge in [0.1, 0.15) is 10.9 Å². The van der Waals surface area contributed by atoms with Gasteiger partial charge in [-0.25, -0.2) is 9.83 Å². The Balaban J connectivity index is 2.35. The molecule has 0 unspecified atom stereocenters. The molecule has 0 bridgehead atoms. The molecule has 0 N–H and O–H groups in total. The quantitative estimate of drug-likeness (QED) is 0.392. The summed E-state index contributed by atoms with van der Waals surface area (Å²) in [6.45, 7) is 7.37. The lowest BCUT2D eigenvalue weighted by Crippen LogP contribution is -2.22. The van der Waals surface area contributed by atoms with Gasteiger partial charge in [-0.2, -0.15) is 0 Å². The van der Waals surface area contributed by atoms with Gasteiger partial charge in [-0.1, -0.05) is 0 Å². The first-order valence-corrected chi connectivity index (χ1v) is 9.78. The summed E-state index contributed by atoms with van der Waals surface area (Å²) >= 11 is 2.92. The van der Waals surface area contributed by atoms with Gasteiger partial charge in [-0.3, -0.25) is 14.3 Å². The van der Waals surface area contributed by atoms with Crippen molar-refractivity contribution in [1.82, 2.24) is 14.5 Å². The van der Waals surface area contributed by atoms with Gasteiger partial charge in [0.2, 0.25) is 0 Å². The fraction of sp³-hybridized carbons (Fsp3) is 0.111. The Bertz CT molecular complexity index is 993. The van der Waals surface area contributed by atoms with Crippen molar-refractivity contribution >= 4 is 29.2 Å². The SMILES string of the molecule is [C-]#[N+]c1c(SC)nc(-c2ccncc2)n(-c2ccc(SC)cc2)c1=O. The van der Waals surface area contributed by atoms with Crippen LogP contribution in [-0.2, 0) is 0 Å². The van der Waals surface area contributed by atoms with E-state index in [0.717, 1.165) is 10.5 Å². The van der Waals surface area contributed by atoms with Crippen molar-refractivity contribution in [2.45, 2.75) is 9.92 Å². The van der Waals surface area contributed by atoms with Crippen molar-refractivity contribution < 1.29 is 0 Å². The van der Waals surface area contributed by atoms with Gasteiger partial charge in [0, 0.05) is 28.5 Å². The van der Waals surface area contributed by atoms with E-state index in [2.05, 4.69) is 14.8 Å². The van der Waals surface area contributed by atoms with E-state index >= 15 is 0 Å². The molecule has 0 fully saturated rings. The fourth-order valence-corrected chi connectivity index (χ4v) is 3.31. The van der Waals surface area contributed by atoms with E-state index in [1.807, 2.05) is 36.8 Å². The molecule has 0 aliphatic heterocycles. The average Bonchev–Trinajstić information content (AvgIpc) is 2.68. The number of pyridine rings is 1. The van der Waals surface area contributed by atoms with E-state index in [1.165, 1.54) is 16.3 Å². The number of hydrogen-bond donors (Lipinski definition) is 0. The average molecular weight is 366 g/mol. The first kappa shape index (κ1) is 17.3. The third kappa shape index (κ3) is 3.31. The van der Waals surface area contributed by atoms with Crippen LogP contribution >= 0.6 is 23.5 Å². The zero-order valence-electron chi connectivity index (χ0n) is 13.6. The summed E-state index contributed by atoms with van der Waals surface area (Å²) in [4.78, 5) is 26.1. The van der Waals surface area contributed by atoms with Gasteiger partial charge in [-0.05, 0) is 48.9 Å². The lowest BCUT2D eigenvalue weighted by molar-refractivity contribution is 0.914. The van der Waals surface area contributed by atoms with Crippen LogP contribution in [-0.4, -0.2) is 27.0 Å². The second-order valence-electron chi connectivity index (χ2n) is 4.98. The summed E-state index contributed by atoms with van der Waals surface area (Å²) in [7, 11) is 0.